The van der Waals surface area contributed by atoms with Gasteiger partial charge in [0.15, 0.2) is 6.23 Å². The second-order valence-corrected chi connectivity index (χ2v) is 14.0. The zero-order valence-electron chi connectivity index (χ0n) is 26.2. The molecule has 7 rings (SSSR count). The minimum atomic E-state index is -1.09. The molecule has 0 radical (unpaired) electrons. The van der Waals surface area contributed by atoms with E-state index >= 15 is 0 Å². The number of hydrogen-bond donors (Lipinski definition) is 1. The van der Waals surface area contributed by atoms with Crippen molar-refractivity contribution >= 4 is 33.4 Å². The number of aliphatic hydroxyl groups is 1. The molecule has 1 aliphatic heterocycles. The van der Waals surface area contributed by atoms with Gasteiger partial charge in [-0.15, -0.1) is 0 Å². The number of rotatable bonds is 3. The van der Waals surface area contributed by atoms with Gasteiger partial charge in [0.2, 0.25) is 0 Å². The Labute approximate surface area is 259 Å². The molecular weight excluding hydrogens is 540 g/mol. The van der Waals surface area contributed by atoms with Gasteiger partial charge in [-0.25, -0.2) is 0 Å². The minimum absolute atomic E-state index is 0.0444. The summed E-state index contributed by atoms with van der Waals surface area (Å²) in [6.45, 7) is 13.3. The van der Waals surface area contributed by atoms with Crippen molar-refractivity contribution in [2.45, 2.75) is 58.6 Å². The summed E-state index contributed by atoms with van der Waals surface area (Å²) < 4.78 is 2.24. The normalized spacial score (nSPS) is 15.4. The molecule has 0 fully saturated rings. The van der Waals surface area contributed by atoms with E-state index in [1.54, 1.807) is 0 Å². The lowest BCUT2D eigenvalue weighted by atomic mass is 9.86. The lowest BCUT2D eigenvalue weighted by molar-refractivity contribution is 0.0935. The van der Waals surface area contributed by atoms with Crippen LogP contribution in [0.1, 0.15) is 74.8 Å². The van der Waals surface area contributed by atoms with Crippen LogP contribution in [0.2, 0.25) is 0 Å². The Hall–Kier alpha value is -4.67. The van der Waals surface area contributed by atoms with Gasteiger partial charge in [-0.3, -0.25) is 9.69 Å². The van der Waals surface area contributed by atoms with E-state index in [1.165, 1.54) is 16.0 Å². The second-order valence-electron chi connectivity index (χ2n) is 14.0. The summed E-state index contributed by atoms with van der Waals surface area (Å²) >= 11 is 0. The van der Waals surface area contributed by atoms with Gasteiger partial charge in [0.05, 0.1) is 22.3 Å². The number of carbonyl (C=O) groups excluding carboxylic acids is 1. The first-order chi connectivity index (χ1) is 20.9. The van der Waals surface area contributed by atoms with E-state index in [4.69, 9.17) is 0 Å². The van der Waals surface area contributed by atoms with Gasteiger partial charge >= 0.3 is 0 Å². The molecular formula is C40H38N2O2. The van der Waals surface area contributed by atoms with Crippen LogP contribution < -0.4 is 4.90 Å². The van der Waals surface area contributed by atoms with Crippen molar-refractivity contribution in [3.8, 4) is 16.8 Å². The fourth-order valence-corrected chi connectivity index (χ4v) is 6.50. The summed E-state index contributed by atoms with van der Waals surface area (Å²) in [7, 11) is 0. The molecule has 44 heavy (non-hydrogen) atoms. The Morgan fingerprint density at radius 3 is 1.77 bits per heavy atom. The van der Waals surface area contributed by atoms with Crippen LogP contribution in [0.15, 0.2) is 109 Å². The smallest absolute Gasteiger partial charge is 0.263 e. The first kappa shape index (κ1) is 28.1. The van der Waals surface area contributed by atoms with Crippen molar-refractivity contribution in [1.29, 1.82) is 0 Å². The minimum Gasteiger partial charge on any atom is -0.369 e. The zero-order valence-corrected chi connectivity index (χ0v) is 26.2. The highest BCUT2D eigenvalue weighted by Crippen LogP contribution is 2.43. The maximum absolute atomic E-state index is 14.4. The molecule has 4 heteroatoms. The second kappa shape index (κ2) is 9.93. The predicted octanol–water partition coefficient (Wildman–Crippen LogP) is 9.70. The highest BCUT2D eigenvalue weighted by Gasteiger charge is 2.39. The van der Waals surface area contributed by atoms with Crippen LogP contribution in [-0.4, -0.2) is 15.6 Å². The third kappa shape index (κ3) is 4.44. The number of benzene rings is 5. The maximum atomic E-state index is 14.4. The lowest BCUT2D eigenvalue weighted by Gasteiger charge is -2.22. The molecule has 1 aromatic heterocycles. The Balaban J connectivity index is 1.46. The molecule has 0 aliphatic carbocycles. The highest BCUT2D eigenvalue weighted by molar-refractivity contribution is 6.15. The zero-order chi connectivity index (χ0) is 31.0. The van der Waals surface area contributed by atoms with Crippen LogP contribution in [0.4, 0.5) is 5.69 Å². The largest absolute Gasteiger partial charge is 0.369 e. The molecule has 0 bridgehead atoms. The van der Waals surface area contributed by atoms with Crippen LogP contribution in [0, 0.1) is 0 Å². The molecule has 1 N–H and O–H groups in total. The number of anilines is 1. The van der Waals surface area contributed by atoms with Gasteiger partial charge in [0.25, 0.3) is 5.91 Å². The van der Waals surface area contributed by atoms with Crippen molar-refractivity contribution in [3.05, 3.63) is 131 Å². The predicted molar refractivity (Wildman–Crippen MR) is 182 cm³/mol. The van der Waals surface area contributed by atoms with Crippen LogP contribution >= 0.6 is 0 Å². The van der Waals surface area contributed by atoms with Crippen LogP contribution in [0.3, 0.4) is 0 Å². The third-order valence-corrected chi connectivity index (χ3v) is 9.00. The monoisotopic (exact) mass is 578 g/mol. The molecule has 5 aromatic carbocycles. The number of hydrogen-bond acceptors (Lipinski definition) is 2. The summed E-state index contributed by atoms with van der Waals surface area (Å²) in [6, 6.07) is 37.2. The van der Waals surface area contributed by atoms with Gasteiger partial charge in [0, 0.05) is 22.0 Å². The number of fused-ring (bicyclic) bond motifs is 4. The van der Waals surface area contributed by atoms with Gasteiger partial charge in [0.1, 0.15) is 0 Å². The number of nitrogens with zero attached hydrogens (tertiary/aromatic N) is 2. The van der Waals surface area contributed by atoms with Crippen LogP contribution in [0.5, 0.6) is 0 Å². The fourth-order valence-electron chi connectivity index (χ4n) is 6.50. The summed E-state index contributed by atoms with van der Waals surface area (Å²) in [5, 5.41) is 14.0. The van der Waals surface area contributed by atoms with Gasteiger partial charge in [-0.05, 0) is 63.4 Å². The molecule has 4 nitrogen and oxygen atoms in total. The Bertz CT molecular complexity index is 2000. The highest BCUT2D eigenvalue weighted by atomic mass is 16.3. The summed E-state index contributed by atoms with van der Waals surface area (Å²) in [5.41, 5.74) is 9.12. The topological polar surface area (TPSA) is 45.5 Å². The number of carbonyl (C=O) groups is 1. The first-order valence-corrected chi connectivity index (χ1v) is 15.3. The van der Waals surface area contributed by atoms with E-state index in [1.807, 2.05) is 72.8 Å². The summed E-state index contributed by atoms with van der Waals surface area (Å²) in [6.07, 6.45) is -1.09. The van der Waals surface area contributed by atoms with E-state index in [0.717, 1.165) is 38.6 Å². The molecule has 1 atom stereocenters. The Morgan fingerprint density at radius 1 is 0.614 bits per heavy atom. The van der Waals surface area contributed by atoms with E-state index in [9.17, 15) is 9.90 Å². The van der Waals surface area contributed by atoms with E-state index in [2.05, 4.69) is 82.5 Å². The SMILES string of the molecule is CC(C)(C)c1ccc2c3ccc(C(C)(C)C)cc3n(-c3cccc4c3C(=O)N(c3cccc(-c5ccccc5)c3)C4O)c2c1. The van der Waals surface area contributed by atoms with Crippen molar-refractivity contribution in [2.24, 2.45) is 0 Å². The Kier molecular flexibility index (Phi) is 6.35. The van der Waals surface area contributed by atoms with Crippen LogP contribution in [0.25, 0.3) is 38.6 Å². The summed E-state index contributed by atoms with van der Waals surface area (Å²) in [5.74, 6) is -0.206. The standard InChI is InChI=1S/C40H38N2O2/c1-39(2,3)27-18-20-30-31-21-19-28(40(4,5)6)24-35(31)42(34(30)23-27)33-17-11-16-32-36(33)38(44)41(37(32)43)29-15-10-14-26(22-29)25-12-8-7-9-13-25/h7-24,37,43H,1-6H3. The molecule has 1 unspecified atom stereocenters. The third-order valence-electron chi connectivity index (χ3n) is 9.00. The number of aromatic nitrogens is 1. The van der Waals surface area contributed by atoms with Crippen molar-refractivity contribution < 1.29 is 9.90 Å². The van der Waals surface area contributed by atoms with E-state index in [0.29, 0.717) is 16.8 Å². The maximum Gasteiger partial charge on any atom is 0.263 e. The number of aliphatic hydroxyl groups excluding tert-OH is 1. The van der Waals surface area contributed by atoms with Crippen molar-refractivity contribution in [3.63, 3.8) is 0 Å². The fraction of sp³-hybridized carbons (Fsp3) is 0.225. The van der Waals surface area contributed by atoms with Crippen molar-refractivity contribution in [1.82, 2.24) is 4.57 Å². The number of amides is 1. The van der Waals surface area contributed by atoms with E-state index < -0.39 is 6.23 Å². The molecule has 2 heterocycles. The molecule has 6 aromatic rings. The molecule has 0 saturated carbocycles. The molecule has 0 spiro atoms. The molecule has 1 amide bonds. The van der Waals surface area contributed by atoms with Gasteiger partial charge in [-0.2, -0.15) is 0 Å². The Morgan fingerprint density at radius 2 is 1.18 bits per heavy atom. The molecule has 220 valence electrons. The van der Waals surface area contributed by atoms with E-state index in [-0.39, 0.29) is 16.7 Å². The average Bonchev–Trinajstić information content (AvgIpc) is 3.46. The van der Waals surface area contributed by atoms with Gasteiger partial charge < -0.3 is 9.67 Å². The first-order valence-electron chi connectivity index (χ1n) is 15.3. The average molecular weight is 579 g/mol. The summed E-state index contributed by atoms with van der Waals surface area (Å²) in [4.78, 5) is 16.0. The van der Waals surface area contributed by atoms with Crippen molar-refractivity contribution in [2.75, 3.05) is 4.90 Å². The lowest BCUT2D eigenvalue weighted by Crippen LogP contribution is -2.27. The van der Waals surface area contributed by atoms with Gasteiger partial charge in [-0.1, -0.05) is 120 Å². The van der Waals surface area contributed by atoms with Crippen LogP contribution in [-0.2, 0) is 10.8 Å². The molecule has 0 saturated heterocycles. The quantitative estimate of drug-likeness (QED) is 0.227. The molecule has 1 aliphatic rings.